The second-order valence-corrected chi connectivity index (χ2v) is 14.8. The Hall–Kier alpha value is -8.12. The fraction of sp³-hybridized carbons (Fsp3) is 0.109. The third kappa shape index (κ3) is 10.6. The van der Waals surface area contributed by atoms with Crippen LogP contribution < -0.4 is 33.2 Å². The molecule has 4 heterocycles. The summed E-state index contributed by atoms with van der Waals surface area (Å²) in [6.07, 6.45) is 10.1. The maximum absolute atomic E-state index is 5.63. The number of ether oxygens (including phenoxy) is 4. The van der Waals surface area contributed by atoms with Crippen molar-refractivity contribution in [1.29, 1.82) is 0 Å². The van der Waals surface area contributed by atoms with Crippen LogP contribution in [0.1, 0.15) is 0 Å². The van der Waals surface area contributed by atoms with E-state index in [1.165, 1.54) is 0 Å². The molecule has 4 aromatic heterocycles. The molecule has 0 atom stereocenters. The second-order valence-electron chi connectivity index (χ2n) is 14.8. The minimum absolute atomic E-state index is 0. The van der Waals surface area contributed by atoms with E-state index in [0.29, 0.717) is 28.7 Å². The molecule has 0 spiro atoms. The Balaban J connectivity index is 0.000000163. The van der Waals surface area contributed by atoms with Gasteiger partial charge in [-0.15, -0.1) is 12.1 Å². The number of aryl methyl sites for hydroxylation is 2. The van der Waals surface area contributed by atoms with Gasteiger partial charge in [0.25, 0.3) is 0 Å². The first-order valence-corrected chi connectivity index (χ1v) is 21.2. The van der Waals surface area contributed by atoms with Crippen molar-refractivity contribution >= 4 is 0 Å². The minimum atomic E-state index is 0. The van der Waals surface area contributed by atoms with E-state index in [-0.39, 0.29) is 20.1 Å². The molecule has 0 saturated heterocycles. The molecule has 10 aromatic rings. The van der Waals surface area contributed by atoms with E-state index in [4.69, 9.17) is 18.9 Å². The molecule has 0 fully saturated rings. The minimum Gasteiger partial charge on any atom is -0.560 e. The second kappa shape index (κ2) is 22.9. The molecule has 0 aliphatic heterocycles. The van der Waals surface area contributed by atoms with Crippen molar-refractivity contribution in [1.82, 2.24) is 29.5 Å². The molecular formula is C55H47IrN8O4-3. The molecule has 343 valence electrons. The fourth-order valence-corrected chi connectivity index (χ4v) is 7.54. The summed E-state index contributed by atoms with van der Waals surface area (Å²) in [5.74, 6) is 2.73. The number of hydrogen-bond acceptors (Lipinski definition) is 7. The van der Waals surface area contributed by atoms with Crippen molar-refractivity contribution in [3.8, 4) is 90.8 Å². The first kappa shape index (κ1) is 47.8. The number of methoxy groups -OCH3 is 4. The normalized spacial score (nSPS) is 10.4. The quantitative estimate of drug-likeness (QED) is 0.0934. The van der Waals surface area contributed by atoms with Crippen LogP contribution in [0.3, 0.4) is 0 Å². The van der Waals surface area contributed by atoms with Crippen molar-refractivity contribution in [3.05, 3.63) is 201 Å². The summed E-state index contributed by atoms with van der Waals surface area (Å²) in [6, 6.07) is 60.8. The maximum atomic E-state index is 5.63. The molecule has 13 heteroatoms. The molecule has 1 radical (unpaired) electrons. The van der Waals surface area contributed by atoms with Crippen molar-refractivity contribution in [2.75, 3.05) is 28.4 Å². The van der Waals surface area contributed by atoms with Gasteiger partial charge in [0.1, 0.15) is 0 Å². The number of nitrogens with zero attached hydrogens (tertiary/aromatic N) is 8. The third-order valence-electron chi connectivity index (χ3n) is 10.6. The molecule has 10 rings (SSSR count). The van der Waals surface area contributed by atoms with Crippen LogP contribution in [-0.4, -0.2) is 52.9 Å². The molecule has 12 nitrogen and oxygen atoms in total. The van der Waals surface area contributed by atoms with E-state index in [1.807, 2.05) is 148 Å². The van der Waals surface area contributed by atoms with Crippen molar-refractivity contribution in [3.63, 3.8) is 0 Å². The molecule has 6 aromatic carbocycles. The number of hydrogen-bond donors (Lipinski definition) is 0. The van der Waals surface area contributed by atoms with Crippen LogP contribution >= 0.6 is 0 Å². The molecule has 0 aliphatic carbocycles. The van der Waals surface area contributed by atoms with E-state index in [1.54, 1.807) is 40.8 Å². The Morgan fingerprint density at radius 1 is 0.515 bits per heavy atom. The number of imidazole rings is 2. The van der Waals surface area contributed by atoms with Crippen LogP contribution in [0, 0.1) is 24.8 Å². The monoisotopic (exact) mass is 1080 g/mol. The summed E-state index contributed by atoms with van der Waals surface area (Å²) < 4.78 is 29.9. The van der Waals surface area contributed by atoms with Crippen molar-refractivity contribution < 1.29 is 48.2 Å². The van der Waals surface area contributed by atoms with Crippen molar-refractivity contribution in [2.45, 2.75) is 0 Å². The molecule has 0 aliphatic rings. The summed E-state index contributed by atoms with van der Waals surface area (Å²) in [5, 5.41) is 10.8. The van der Waals surface area contributed by atoms with Crippen LogP contribution in [0.4, 0.5) is 0 Å². The number of benzene rings is 6. The summed E-state index contributed by atoms with van der Waals surface area (Å²) in [6.45, 7) is 0. The number of rotatable bonds is 11. The average molecular weight is 1080 g/mol. The predicted molar refractivity (Wildman–Crippen MR) is 256 cm³/mol. The maximum Gasteiger partial charge on any atom is 0.242 e. The van der Waals surface area contributed by atoms with Crippen LogP contribution in [-0.2, 0) is 34.2 Å². The summed E-state index contributed by atoms with van der Waals surface area (Å²) in [7, 11) is 10.6. The van der Waals surface area contributed by atoms with E-state index >= 15 is 0 Å². The van der Waals surface area contributed by atoms with Crippen LogP contribution in [0.25, 0.3) is 67.8 Å². The molecule has 0 saturated carbocycles. The standard InChI is InChI=1S/2C24H21N2O2.C7H5N4.Ir/c2*1-25-17-26(21-15-14-20(27-2)16-22(21)28-3)24(19-12-8-5-9-13-19)23(25)18-10-6-4-7-11-18;1-2-4-8-6(3-1)7-5-9-11-10-7;/h2*4-14,16H,1-3H3;1-5H;/q3*-1;. The van der Waals surface area contributed by atoms with E-state index in [0.717, 1.165) is 62.1 Å². The molecule has 0 bridgehead atoms. The summed E-state index contributed by atoms with van der Waals surface area (Å²) >= 11 is 0. The molecule has 68 heavy (non-hydrogen) atoms. The summed E-state index contributed by atoms with van der Waals surface area (Å²) in [5.41, 5.74) is 11.7. The van der Waals surface area contributed by atoms with Gasteiger partial charge in [0.2, 0.25) is 12.7 Å². The Kier molecular flexibility index (Phi) is 16.1. The zero-order valence-electron chi connectivity index (χ0n) is 38.3. The fourth-order valence-electron chi connectivity index (χ4n) is 7.54. The molecule has 0 N–H and O–H groups in total. The molecule has 0 amide bonds. The Morgan fingerprint density at radius 3 is 1.28 bits per heavy atom. The molecular weight excluding hydrogens is 1030 g/mol. The van der Waals surface area contributed by atoms with Gasteiger partial charge in [0.15, 0.2) is 0 Å². The van der Waals surface area contributed by atoms with E-state index in [9.17, 15) is 0 Å². The predicted octanol–water partition coefficient (Wildman–Crippen LogP) is 9.00. The van der Waals surface area contributed by atoms with Gasteiger partial charge < -0.3 is 47.4 Å². The zero-order chi connectivity index (χ0) is 46.5. The van der Waals surface area contributed by atoms with Gasteiger partial charge in [-0.05, 0) is 51.5 Å². The van der Waals surface area contributed by atoms with Crippen LogP contribution in [0.2, 0.25) is 0 Å². The van der Waals surface area contributed by atoms with Crippen LogP contribution in [0.5, 0.6) is 23.0 Å². The van der Waals surface area contributed by atoms with Crippen molar-refractivity contribution in [2.24, 2.45) is 14.1 Å². The van der Waals surface area contributed by atoms with E-state index < -0.39 is 0 Å². The van der Waals surface area contributed by atoms with Gasteiger partial charge in [-0.3, -0.25) is 10.2 Å². The van der Waals surface area contributed by atoms with Gasteiger partial charge in [-0.2, -0.15) is 12.1 Å². The van der Waals surface area contributed by atoms with Gasteiger partial charge in [0.05, 0.1) is 71.0 Å². The largest absolute Gasteiger partial charge is 0.560 e. The zero-order valence-corrected chi connectivity index (χ0v) is 40.7. The Labute approximate surface area is 410 Å². The van der Waals surface area contributed by atoms with E-state index in [2.05, 4.69) is 93.7 Å². The topological polar surface area (TPSA) is 107 Å². The average Bonchev–Trinajstić information content (AvgIpc) is 4.15. The first-order valence-electron chi connectivity index (χ1n) is 21.2. The van der Waals surface area contributed by atoms with Gasteiger partial charge >= 0.3 is 0 Å². The first-order chi connectivity index (χ1) is 32.9. The van der Waals surface area contributed by atoms with Gasteiger partial charge in [0, 0.05) is 49.3 Å². The summed E-state index contributed by atoms with van der Waals surface area (Å²) in [4.78, 5) is 4.08. The molecule has 0 unspecified atom stereocenters. The smallest absolute Gasteiger partial charge is 0.242 e. The Morgan fingerprint density at radius 2 is 0.926 bits per heavy atom. The number of pyridine rings is 1. The third-order valence-corrected chi connectivity index (χ3v) is 10.6. The van der Waals surface area contributed by atoms with Crippen LogP contribution in [0.15, 0.2) is 176 Å². The Bertz CT molecular complexity index is 2950. The van der Waals surface area contributed by atoms with Gasteiger partial charge in [-0.25, -0.2) is 0 Å². The number of aromatic nitrogens is 8. The SMILES string of the molecule is COc1c[c-]c(-n2[c-][n+](C)c(-c3ccccc3)c2-c2ccccc2)c(OC)c1.COc1c[c-]c(-n2[c-][n+](C)c(-c3ccccc3)c2-c2ccccc2)c(OC)c1.[Ir].c1ccc(-c2cnn[n-]2)nc1. The van der Waals surface area contributed by atoms with Gasteiger partial charge in [-0.1, -0.05) is 146 Å².